The molecule has 0 aliphatic rings. The fourth-order valence-electron chi connectivity index (χ4n) is 1.93. The van der Waals surface area contributed by atoms with Crippen molar-refractivity contribution in [1.29, 1.82) is 0 Å². The lowest BCUT2D eigenvalue weighted by atomic mass is 9.91. The summed E-state index contributed by atoms with van der Waals surface area (Å²) in [5.41, 5.74) is 0. The first kappa shape index (κ1) is 35.6. The zero-order chi connectivity index (χ0) is 30.7. The van der Waals surface area contributed by atoms with Crippen LogP contribution in [0.5, 0.6) is 0 Å². The maximum absolute atomic E-state index is 13.7. The molecule has 0 saturated heterocycles. The number of sulfonamides is 1. The van der Waals surface area contributed by atoms with Crippen LogP contribution in [-0.4, -0.2) is 85.2 Å². The molecule has 0 aromatic carbocycles. The van der Waals surface area contributed by atoms with Gasteiger partial charge < -0.3 is 0 Å². The Morgan fingerprint density at radius 1 is 0.541 bits per heavy atom. The molecule has 6 nitrogen and oxygen atoms in total. The third-order valence-electron chi connectivity index (χ3n) is 4.01. The van der Waals surface area contributed by atoms with Crippen LogP contribution in [0, 0.1) is 0 Å². The van der Waals surface area contributed by atoms with Crippen LogP contribution in [0.4, 0.5) is 79.1 Å². The van der Waals surface area contributed by atoms with E-state index in [0.717, 1.165) is 0 Å². The van der Waals surface area contributed by atoms with Crippen molar-refractivity contribution in [3.05, 3.63) is 0 Å². The summed E-state index contributed by atoms with van der Waals surface area (Å²) in [7, 11) is -13.3. The summed E-state index contributed by atoms with van der Waals surface area (Å²) < 4.78 is 284. The molecule has 26 heteroatoms. The van der Waals surface area contributed by atoms with Gasteiger partial charge in [0.15, 0.2) is 0 Å². The van der Waals surface area contributed by atoms with E-state index in [-0.39, 0.29) is 0 Å². The van der Waals surface area contributed by atoms with Crippen LogP contribution < -0.4 is 0 Å². The summed E-state index contributed by atoms with van der Waals surface area (Å²) in [4.78, 5) is 0. The third-order valence-corrected chi connectivity index (χ3v) is 6.43. The normalized spacial score (nSPS) is 16.4. The number of hydrogen-bond donors (Lipinski definition) is 1. The van der Waals surface area contributed by atoms with Gasteiger partial charge in [0.1, 0.15) is 0 Å². The lowest BCUT2D eigenvalue weighted by Gasteiger charge is -2.42. The van der Waals surface area contributed by atoms with Crippen molar-refractivity contribution >= 4 is 20.1 Å². The predicted octanol–water partition coefficient (Wildman–Crippen LogP) is 4.75. The maximum atomic E-state index is 13.7. The average molecular weight is 639 g/mol. The van der Waals surface area contributed by atoms with E-state index >= 15 is 0 Å². The SMILES string of the molecule is O=S(=O)(O)CCCN(F)S(=O)(=O)C(F)(F)C(F)(F)C(F)(F)C(F)(F)C(F)(F)C(F)(F)C(F)(F)C(F)(F)F. The van der Waals surface area contributed by atoms with Crippen molar-refractivity contribution in [2.24, 2.45) is 0 Å². The summed E-state index contributed by atoms with van der Waals surface area (Å²) in [6, 6.07) is 0. The zero-order valence-electron chi connectivity index (χ0n) is 16.3. The van der Waals surface area contributed by atoms with Crippen LogP contribution in [-0.2, 0) is 20.1 Å². The van der Waals surface area contributed by atoms with Gasteiger partial charge in [0.05, 0.1) is 5.75 Å². The van der Waals surface area contributed by atoms with Crippen molar-refractivity contribution in [2.45, 2.75) is 53.4 Å². The molecular weight excluding hydrogens is 632 g/mol. The Balaban J connectivity index is 6.76. The van der Waals surface area contributed by atoms with Gasteiger partial charge in [0, 0.05) is 6.54 Å². The summed E-state index contributed by atoms with van der Waals surface area (Å²) in [6.07, 6.45) is -9.64. The third kappa shape index (κ3) is 5.25. The van der Waals surface area contributed by atoms with Crippen LogP contribution in [0.2, 0.25) is 0 Å². The molecule has 0 spiro atoms. The molecule has 0 saturated carbocycles. The van der Waals surface area contributed by atoms with Gasteiger partial charge in [-0.1, -0.05) is 0 Å². The summed E-state index contributed by atoms with van der Waals surface area (Å²) in [5, 5.41) is -8.10. The molecule has 0 fully saturated rings. The van der Waals surface area contributed by atoms with Gasteiger partial charge in [-0.2, -0.15) is 83.1 Å². The molecule has 0 aliphatic carbocycles. The van der Waals surface area contributed by atoms with Gasteiger partial charge in [0.25, 0.3) is 10.1 Å². The number of rotatable bonds is 12. The Morgan fingerprint density at radius 2 is 0.838 bits per heavy atom. The van der Waals surface area contributed by atoms with E-state index in [4.69, 9.17) is 4.55 Å². The number of hydrogen-bond acceptors (Lipinski definition) is 4. The molecule has 0 bridgehead atoms. The van der Waals surface area contributed by atoms with Crippen LogP contribution in [0.25, 0.3) is 0 Å². The molecule has 224 valence electrons. The molecule has 0 aliphatic heterocycles. The highest BCUT2D eigenvalue weighted by molar-refractivity contribution is 7.90. The molecule has 0 unspecified atom stereocenters. The van der Waals surface area contributed by atoms with E-state index in [0.29, 0.717) is 0 Å². The Hall–Kier alpha value is -1.44. The van der Waals surface area contributed by atoms with E-state index in [9.17, 15) is 96.0 Å². The average Bonchev–Trinajstić information content (AvgIpc) is 2.64. The minimum absolute atomic E-state index is 1.67. The van der Waals surface area contributed by atoms with Crippen molar-refractivity contribution < 1.29 is 101 Å². The smallest absolute Gasteiger partial charge is 0.286 e. The largest absolute Gasteiger partial charge is 0.460 e. The Morgan fingerprint density at radius 3 is 1.14 bits per heavy atom. The second-order valence-corrected chi connectivity index (χ2v) is 10.0. The second kappa shape index (κ2) is 9.34. The molecule has 0 rings (SSSR count). The molecule has 0 radical (unpaired) electrons. The standard InChI is InChI=1S/C11H7F18NO5S2/c12-4(13,6(16,17)8(20,21)10(24,25)26)5(14,15)7(18,19)9(22,23)11(27,28)37(34,35)30(29)2-1-3-36(31,32)33/h1-3H2,(H,31,32,33). The highest BCUT2D eigenvalue weighted by atomic mass is 32.2. The molecule has 0 aromatic rings. The van der Waals surface area contributed by atoms with Gasteiger partial charge in [0.2, 0.25) is 0 Å². The first-order valence-corrected chi connectivity index (χ1v) is 11.0. The van der Waals surface area contributed by atoms with E-state index in [1.807, 2.05) is 0 Å². The first-order valence-electron chi connectivity index (χ1n) is 7.97. The molecule has 0 aromatic heterocycles. The van der Waals surface area contributed by atoms with E-state index in [2.05, 4.69) is 0 Å². The first-order chi connectivity index (χ1) is 15.6. The van der Waals surface area contributed by atoms with Gasteiger partial charge in [-0.3, -0.25) is 4.55 Å². The van der Waals surface area contributed by atoms with E-state index in [1.54, 1.807) is 0 Å². The predicted molar refractivity (Wildman–Crippen MR) is 78.5 cm³/mol. The van der Waals surface area contributed by atoms with Gasteiger partial charge in [-0.15, -0.1) is 4.48 Å². The van der Waals surface area contributed by atoms with Crippen molar-refractivity contribution in [2.75, 3.05) is 12.3 Å². The van der Waals surface area contributed by atoms with Gasteiger partial charge in [-0.05, 0) is 10.9 Å². The maximum Gasteiger partial charge on any atom is 0.460 e. The van der Waals surface area contributed by atoms with Gasteiger partial charge in [-0.25, -0.2) is 8.42 Å². The second-order valence-electron chi connectivity index (χ2n) is 6.62. The quantitative estimate of drug-likeness (QED) is 0.189. The highest BCUT2D eigenvalue weighted by Gasteiger charge is 2.96. The molecule has 0 atom stereocenters. The van der Waals surface area contributed by atoms with Crippen LogP contribution in [0.15, 0.2) is 0 Å². The fourth-order valence-corrected chi connectivity index (χ4v) is 3.49. The minimum atomic E-state index is -9.06. The van der Waals surface area contributed by atoms with Crippen molar-refractivity contribution in [3.63, 3.8) is 0 Å². The summed E-state index contributed by atoms with van der Waals surface area (Å²) >= 11 is 0. The molecule has 0 heterocycles. The minimum Gasteiger partial charge on any atom is -0.286 e. The lowest BCUT2D eigenvalue weighted by Crippen LogP contribution is -2.75. The Kier molecular flexibility index (Phi) is 8.98. The molecule has 0 amide bonds. The van der Waals surface area contributed by atoms with Crippen molar-refractivity contribution in [1.82, 2.24) is 4.53 Å². The Bertz CT molecular complexity index is 1050. The van der Waals surface area contributed by atoms with Gasteiger partial charge >= 0.3 is 57.0 Å². The number of nitrogens with zero attached hydrogens (tertiary/aromatic N) is 1. The molecule has 1 N–H and O–H groups in total. The molecule has 37 heavy (non-hydrogen) atoms. The van der Waals surface area contributed by atoms with Crippen LogP contribution in [0.1, 0.15) is 6.42 Å². The van der Waals surface area contributed by atoms with Crippen molar-refractivity contribution in [3.8, 4) is 0 Å². The lowest BCUT2D eigenvalue weighted by molar-refractivity contribution is -0.458. The molecular formula is C11H7F18NO5S2. The topological polar surface area (TPSA) is 91.8 Å². The van der Waals surface area contributed by atoms with Crippen LogP contribution >= 0.6 is 0 Å². The monoisotopic (exact) mass is 639 g/mol. The summed E-state index contributed by atoms with van der Waals surface area (Å²) in [5.74, 6) is -54.7. The van der Waals surface area contributed by atoms with E-state index in [1.165, 1.54) is 0 Å². The Labute approximate surface area is 191 Å². The van der Waals surface area contributed by atoms with E-state index < -0.39 is 90.4 Å². The fraction of sp³-hybridized carbons (Fsp3) is 1.00. The summed E-state index contributed by atoms with van der Waals surface area (Å²) in [6.45, 7) is -2.39. The van der Waals surface area contributed by atoms with Crippen LogP contribution in [0.3, 0.4) is 0 Å². The highest BCUT2D eigenvalue weighted by Crippen LogP contribution is 2.64. The zero-order valence-corrected chi connectivity index (χ0v) is 17.9. The number of alkyl halides is 17. The number of halogens is 18.